The van der Waals surface area contributed by atoms with Gasteiger partial charge in [-0.05, 0) is 54.0 Å². The number of rotatable bonds is 5. The third-order valence-electron chi connectivity index (χ3n) is 4.56. The number of carbonyl (C=O) groups is 1. The maximum absolute atomic E-state index is 12.4. The van der Waals surface area contributed by atoms with Crippen molar-refractivity contribution < 1.29 is 13.9 Å². The number of pyridine rings is 1. The molecule has 0 atom stereocenters. The number of carbonyl (C=O) groups excluding carboxylic acids is 1. The highest BCUT2D eigenvalue weighted by atomic mass is 16.5. The highest BCUT2D eigenvalue weighted by molar-refractivity contribution is 5.91. The van der Waals surface area contributed by atoms with Gasteiger partial charge < -0.3 is 14.1 Å². The van der Waals surface area contributed by atoms with Crippen LogP contribution in [0.5, 0.6) is 0 Å². The standard InChI is InChI=1S/C18H20N2O3/c21-18(17-2-1-7-23-17)20-6-5-16-14(10-20)8-19-9-15(16)12-22-11-13-3-4-13/h1-2,7-9,13H,3-6,10-12H2. The first-order chi connectivity index (χ1) is 11.3. The molecule has 2 aromatic heterocycles. The van der Waals surface area contributed by atoms with E-state index in [9.17, 15) is 4.79 Å². The Kier molecular flexibility index (Phi) is 3.87. The van der Waals surface area contributed by atoms with Crippen molar-refractivity contribution in [2.75, 3.05) is 13.2 Å². The molecule has 1 aliphatic heterocycles. The van der Waals surface area contributed by atoms with Crippen LogP contribution in [0.15, 0.2) is 35.2 Å². The fourth-order valence-corrected chi connectivity index (χ4v) is 3.04. The fraction of sp³-hybridized carbons (Fsp3) is 0.444. The topological polar surface area (TPSA) is 55.6 Å². The van der Waals surface area contributed by atoms with Crippen molar-refractivity contribution >= 4 is 5.91 Å². The van der Waals surface area contributed by atoms with Crippen LogP contribution in [0.25, 0.3) is 0 Å². The first-order valence-electron chi connectivity index (χ1n) is 8.16. The van der Waals surface area contributed by atoms with Gasteiger partial charge in [0.05, 0.1) is 12.9 Å². The highest BCUT2D eigenvalue weighted by Gasteiger charge is 2.25. The van der Waals surface area contributed by atoms with Gasteiger partial charge in [0.25, 0.3) is 5.91 Å². The van der Waals surface area contributed by atoms with Crippen molar-refractivity contribution in [1.82, 2.24) is 9.88 Å². The van der Waals surface area contributed by atoms with E-state index in [1.54, 1.807) is 12.1 Å². The minimum absolute atomic E-state index is 0.0592. The van der Waals surface area contributed by atoms with Crippen molar-refractivity contribution in [2.24, 2.45) is 5.92 Å². The molecule has 1 amide bonds. The van der Waals surface area contributed by atoms with Crippen LogP contribution >= 0.6 is 0 Å². The van der Waals surface area contributed by atoms with Crippen molar-refractivity contribution in [2.45, 2.75) is 32.4 Å². The summed E-state index contributed by atoms with van der Waals surface area (Å²) in [6, 6.07) is 3.44. The summed E-state index contributed by atoms with van der Waals surface area (Å²) in [6.45, 7) is 2.76. The molecule has 3 heterocycles. The van der Waals surface area contributed by atoms with E-state index >= 15 is 0 Å². The zero-order chi connectivity index (χ0) is 15.6. The number of nitrogens with zero attached hydrogens (tertiary/aromatic N) is 2. The lowest BCUT2D eigenvalue weighted by Crippen LogP contribution is -2.36. The third-order valence-corrected chi connectivity index (χ3v) is 4.56. The second kappa shape index (κ2) is 6.16. The van der Waals surface area contributed by atoms with Gasteiger partial charge in [-0.3, -0.25) is 9.78 Å². The molecule has 0 unspecified atom stereocenters. The van der Waals surface area contributed by atoms with E-state index in [-0.39, 0.29) is 5.91 Å². The minimum atomic E-state index is -0.0592. The van der Waals surface area contributed by atoms with Gasteiger partial charge in [0, 0.05) is 32.1 Å². The van der Waals surface area contributed by atoms with Crippen LogP contribution in [0.1, 0.15) is 40.1 Å². The number of hydrogen-bond acceptors (Lipinski definition) is 4. The monoisotopic (exact) mass is 312 g/mol. The molecule has 0 bridgehead atoms. The molecule has 5 heteroatoms. The van der Waals surface area contributed by atoms with E-state index in [0.29, 0.717) is 25.5 Å². The minimum Gasteiger partial charge on any atom is -0.459 e. The SMILES string of the molecule is O=C(c1ccco1)N1CCc2c(COCC3CC3)cncc2C1. The average Bonchev–Trinajstić information content (AvgIpc) is 3.24. The number of furan rings is 1. The zero-order valence-electron chi connectivity index (χ0n) is 13.0. The maximum atomic E-state index is 12.4. The van der Waals surface area contributed by atoms with Crippen molar-refractivity contribution in [1.29, 1.82) is 0 Å². The molecular weight excluding hydrogens is 292 g/mol. The Morgan fingerprint density at radius 3 is 3.09 bits per heavy atom. The molecule has 1 saturated carbocycles. The van der Waals surface area contributed by atoms with Gasteiger partial charge in [-0.1, -0.05) is 0 Å². The lowest BCUT2D eigenvalue weighted by molar-refractivity contribution is 0.0700. The normalized spacial score (nSPS) is 17.1. The largest absolute Gasteiger partial charge is 0.459 e. The van der Waals surface area contributed by atoms with E-state index < -0.39 is 0 Å². The summed E-state index contributed by atoms with van der Waals surface area (Å²) in [7, 11) is 0. The molecule has 23 heavy (non-hydrogen) atoms. The number of fused-ring (bicyclic) bond motifs is 1. The Balaban J connectivity index is 1.45. The van der Waals surface area contributed by atoms with Crippen LogP contribution in [0, 0.1) is 5.92 Å². The summed E-state index contributed by atoms with van der Waals surface area (Å²) in [5, 5.41) is 0. The Hall–Kier alpha value is -2.14. The van der Waals surface area contributed by atoms with E-state index in [2.05, 4.69) is 4.98 Å². The summed E-state index contributed by atoms with van der Waals surface area (Å²) in [5.74, 6) is 1.10. The van der Waals surface area contributed by atoms with Gasteiger partial charge in [-0.2, -0.15) is 0 Å². The summed E-state index contributed by atoms with van der Waals surface area (Å²) >= 11 is 0. The van der Waals surface area contributed by atoms with Crippen molar-refractivity contribution in [3.8, 4) is 0 Å². The molecule has 5 nitrogen and oxygen atoms in total. The lowest BCUT2D eigenvalue weighted by atomic mass is 9.97. The number of amides is 1. The van der Waals surface area contributed by atoms with Gasteiger partial charge in [-0.15, -0.1) is 0 Å². The first kappa shape index (κ1) is 14.5. The third kappa shape index (κ3) is 3.15. The average molecular weight is 312 g/mol. The molecule has 120 valence electrons. The van der Waals surface area contributed by atoms with Crippen LogP contribution < -0.4 is 0 Å². The molecule has 1 aliphatic carbocycles. The van der Waals surface area contributed by atoms with Crippen LogP contribution in [-0.4, -0.2) is 28.9 Å². The second-order valence-corrected chi connectivity index (χ2v) is 6.35. The molecule has 2 aliphatic rings. The molecule has 0 N–H and O–H groups in total. The Morgan fingerprint density at radius 2 is 2.30 bits per heavy atom. The second-order valence-electron chi connectivity index (χ2n) is 6.35. The summed E-state index contributed by atoms with van der Waals surface area (Å²) in [6.07, 6.45) is 8.73. The van der Waals surface area contributed by atoms with Crippen LogP contribution in [0.3, 0.4) is 0 Å². The van der Waals surface area contributed by atoms with Gasteiger partial charge in [0.15, 0.2) is 5.76 Å². The van der Waals surface area contributed by atoms with Gasteiger partial charge in [-0.25, -0.2) is 0 Å². The summed E-state index contributed by atoms with van der Waals surface area (Å²) in [4.78, 5) is 18.5. The Morgan fingerprint density at radius 1 is 1.39 bits per heavy atom. The van der Waals surface area contributed by atoms with Crippen molar-refractivity contribution in [3.05, 3.63) is 53.2 Å². The predicted octanol–water partition coefficient (Wildman–Crippen LogP) is 2.80. The summed E-state index contributed by atoms with van der Waals surface area (Å²) in [5.41, 5.74) is 3.57. The maximum Gasteiger partial charge on any atom is 0.289 e. The molecule has 0 spiro atoms. The quantitative estimate of drug-likeness (QED) is 0.852. The zero-order valence-corrected chi connectivity index (χ0v) is 13.0. The summed E-state index contributed by atoms with van der Waals surface area (Å²) < 4.78 is 11.0. The van der Waals surface area contributed by atoms with Gasteiger partial charge >= 0.3 is 0 Å². The highest BCUT2D eigenvalue weighted by Crippen LogP contribution is 2.29. The van der Waals surface area contributed by atoms with Gasteiger partial charge in [0.1, 0.15) is 0 Å². The smallest absolute Gasteiger partial charge is 0.289 e. The molecule has 2 aromatic rings. The fourth-order valence-electron chi connectivity index (χ4n) is 3.04. The molecule has 1 fully saturated rings. The number of hydrogen-bond donors (Lipinski definition) is 0. The van der Waals surface area contributed by atoms with E-state index in [1.807, 2.05) is 17.3 Å². The van der Waals surface area contributed by atoms with Crippen LogP contribution in [-0.2, 0) is 24.3 Å². The van der Waals surface area contributed by atoms with Crippen molar-refractivity contribution in [3.63, 3.8) is 0 Å². The molecule has 0 saturated heterocycles. The Bertz CT molecular complexity index is 692. The van der Waals surface area contributed by atoms with E-state index in [4.69, 9.17) is 9.15 Å². The Labute approximate surface area is 135 Å². The first-order valence-corrected chi connectivity index (χ1v) is 8.16. The van der Waals surface area contributed by atoms with Gasteiger partial charge in [0.2, 0.25) is 0 Å². The lowest BCUT2D eigenvalue weighted by Gasteiger charge is -2.29. The van der Waals surface area contributed by atoms with E-state index in [0.717, 1.165) is 30.1 Å². The van der Waals surface area contributed by atoms with E-state index in [1.165, 1.54) is 24.7 Å². The van der Waals surface area contributed by atoms with Crippen LogP contribution in [0.2, 0.25) is 0 Å². The number of aromatic nitrogens is 1. The molecule has 4 rings (SSSR count). The predicted molar refractivity (Wildman–Crippen MR) is 83.8 cm³/mol. The molecule has 0 radical (unpaired) electrons. The number of ether oxygens (including phenoxy) is 1. The van der Waals surface area contributed by atoms with Crippen LogP contribution in [0.4, 0.5) is 0 Å². The molecule has 0 aromatic carbocycles. The molecular formula is C18H20N2O3.